The molecule has 1 aromatic carbocycles. The molecule has 0 spiro atoms. The van der Waals surface area contributed by atoms with E-state index in [0.29, 0.717) is 12.0 Å². The number of hydrogen-bond donors (Lipinski definition) is 9. The maximum atomic E-state index is 12.8. The number of carboxylic acids is 2. The largest absolute Gasteiger partial charge is 0.481 e. The Hall–Kier alpha value is -4.73. The maximum Gasteiger partial charge on any atom is 0.326 e. The van der Waals surface area contributed by atoms with E-state index in [0.717, 1.165) is 0 Å². The Labute approximate surface area is 230 Å². The van der Waals surface area contributed by atoms with E-state index in [-0.39, 0.29) is 31.8 Å². The number of aliphatic carboxylic acids is 2. The molecule has 0 heterocycles. The molecule has 40 heavy (non-hydrogen) atoms. The van der Waals surface area contributed by atoms with Gasteiger partial charge in [0.25, 0.3) is 0 Å². The fourth-order valence-corrected chi connectivity index (χ4v) is 3.31. The monoisotopic (exact) mass is 564 g/mol. The van der Waals surface area contributed by atoms with Crippen LogP contribution in [0.5, 0.6) is 0 Å². The third-order valence-corrected chi connectivity index (χ3v) is 5.37. The van der Waals surface area contributed by atoms with Crippen molar-refractivity contribution < 1.29 is 39.0 Å². The Morgan fingerprint density at radius 3 is 1.95 bits per heavy atom. The summed E-state index contributed by atoms with van der Waals surface area (Å²) in [7, 11) is 0. The highest BCUT2D eigenvalue weighted by Gasteiger charge is 2.24. The van der Waals surface area contributed by atoms with Gasteiger partial charge in [0, 0.05) is 19.4 Å². The average Bonchev–Trinajstić information content (AvgIpc) is 2.90. The molecule has 0 saturated carbocycles. The molecule has 0 saturated heterocycles. The van der Waals surface area contributed by atoms with Gasteiger partial charge in [0.05, 0.1) is 19.1 Å². The molecule has 16 nitrogen and oxygen atoms in total. The summed E-state index contributed by atoms with van der Waals surface area (Å²) in [5, 5.41) is 27.2. The van der Waals surface area contributed by atoms with E-state index < -0.39 is 73.2 Å². The molecule has 3 atom stereocenters. The number of rotatable bonds is 18. The number of carboxylic acid groups (broad SMARTS) is 2. The van der Waals surface area contributed by atoms with Crippen LogP contribution in [0.25, 0.3) is 0 Å². The molecule has 0 aliphatic heterocycles. The lowest BCUT2D eigenvalue weighted by atomic mass is 10.1. The summed E-state index contributed by atoms with van der Waals surface area (Å²) >= 11 is 0. The number of benzene rings is 1. The van der Waals surface area contributed by atoms with Crippen molar-refractivity contribution in [3.8, 4) is 0 Å². The molecule has 0 aromatic heterocycles. The second kappa shape index (κ2) is 17.7. The Morgan fingerprint density at radius 2 is 1.40 bits per heavy atom. The summed E-state index contributed by atoms with van der Waals surface area (Å²) in [5.41, 5.74) is 17.0. The Bertz CT molecular complexity index is 1060. The van der Waals surface area contributed by atoms with Gasteiger partial charge in [-0.15, -0.1) is 0 Å². The van der Waals surface area contributed by atoms with Crippen LogP contribution < -0.4 is 38.5 Å². The lowest BCUT2D eigenvalue weighted by molar-refractivity contribution is -0.143. The minimum atomic E-state index is -1.46. The summed E-state index contributed by atoms with van der Waals surface area (Å²) in [4.78, 5) is 75.4. The molecule has 12 N–H and O–H groups in total. The van der Waals surface area contributed by atoms with E-state index in [1.54, 1.807) is 30.3 Å². The number of hydrogen-bond acceptors (Lipinski definition) is 8. The van der Waals surface area contributed by atoms with Crippen LogP contribution >= 0.6 is 0 Å². The number of amides is 4. The SMILES string of the molecule is NC(N)=NCCC[C@H](N)C(=O)NCC(=O)N[C@@H](Cc1ccccc1)C(=O)NCC(=O)N[C@@H](CCC(=O)O)C(=O)O. The normalized spacial score (nSPS) is 12.6. The van der Waals surface area contributed by atoms with E-state index in [4.69, 9.17) is 27.4 Å². The molecule has 0 bridgehead atoms. The maximum absolute atomic E-state index is 12.8. The van der Waals surface area contributed by atoms with Crippen molar-refractivity contribution in [2.24, 2.45) is 22.2 Å². The van der Waals surface area contributed by atoms with E-state index in [2.05, 4.69) is 26.3 Å². The van der Waals surface area contributed by atoms with Gasteiger partial charge in [-0.1, -0.05) is 30.3 Å². The molecule has 0 aliphatic rings. The summed E-state index contributed by atoms with van der Waals surface area (Å²) in [6.45, 7) is -0.803. The summed E-state index contributed by atoms with van der Waals surface area (Å²) in [6.07, 6.45) is -0.0613. The van der Waals surface area contributed by atoms with Crippen molar-refractivity contribution in [2.45, 2.75) is 50.2 Å². The van der Waals surface area contributed by atoms with Crippen molar-refractivity contribution >= 4 is 41.5 Å². The molecule has 0 radical (unpaired) electrons. The second-order valence-electron chi connectivity index (χ2n) is 8.69. The third-order valence-electron chi connectivity index (χ3n) is 5.37. The van der Waals surface area contributed by atoms with E-state index in [1.807, 2.05) is 0 Å². The predicted octanol–water partition coefficient (Wildman–Crippen LogP) is -3.24. The van der Waals surface area contributed by atoms with Crippen LogP contribution in [-0.2, 0) is 35.2 Å². The summed E-state index contributed by atoms with van der Waals surface area (Å²) in [6, 6.07) is 5.17. The van der Waals surface area contributed by atoms with Gasteiger partial charge in [-0.2, -0.15) is 0 Å². The second-order valence-corrected chi connectivity index (χ2v) is 8.69. The Kier molecular flexibility index (Phi) is 14.7. The fourth-order valence-electron chi connectivity index (χ4n) is 3.31. The average molecular weight is 565 g/mol. The molecule has 16 heteroatoms. The van der Waals surface area contributed by atoms with Gasteiger partial charge in [-0.25, -0.2) is 4.79 Å². The minimum absolute atomic E-state index is 0.0502. The summed E-state index contributed by atoms with van der Waals surface area (Å²) < 4.78 is 0. The Morgan fingerprint density at radius 1 is 0.825 bits per heavy atom. The number of guanidine groups is 1. The van der Waals surface area contributed by atoms with Crippen LogP contribution in [0.1, 0.15) is 31.2 Å². The van der Waals surface area contributed by atoms with Gasteiger partial charge in [-0.05, 0) is 24.8 Å². The van der Waals surface area contributed by atoms with Crippen LogP contribution in [0.4, 0.5) is 0 Å². The van der Waals surface area contributed by atoms with Crippen LogP contribution in [-0.4, -0.2) is 89.5 Å². The first-order valence-corrected chi connectivity index (χ1v) is 12.3. The van der Waals surface area contributed by atoms with Crippen molar-refractivity contribution in [3.63, 3.8) is 0 Å². The van der Waals surface area contributed by atoms with Gasteiger partial charge in [-0.3, -0.25) is 29.0 Å². The zero-order valence-electron chi connectivity index (χ0n) is 21.8. The quantitative estimate of drug-likeness (QED) is 0.0485. The van der Waals surface area contributed by atoms with Crippen LogP contribution in [0, 0.1) is 0 Å². The fraction of sp³-hybridized carbons (Fsp3) is 0.458. The lowest BCUT2D eigenvalue weighted by Gasteiger charge is -2.20. The van der Waals surface area contributed by atoms with Crippen molar-refractivity contribution in [1.29, 1.82) is 0 Å². The highest BCUT2D eigenvalue weighted by molar-refractivity contribution is 5.93. The molecule has 0 aliphatic carbocycles. The van der Waals surface area contributed by atoms with Gasteiger partial charge in [0.1, 0.15) is 12.1 Å². The highest BCUT2D eigenvalue weighted by Crippen LogP contribution is 2.04. The van der Waals surface area contributed by atoms with Gasteiger partial charge in [0.15, 0.2) is 5.96 Å². The van der Waals surface area contributed by atoms with Crippen LogP contribution in [0.3, 0.4) is 0 Å². The van der Waals surface area contributed by atoms with E-state index in [1.165, 1.54) is 0 Å². The number of nitrogens with zero attached hydrogens (tertiary/aromatic N) is 1. The predicted molar refractivity (Wildman–Crippen MR) is 142 cm³/mol. The Balaban J connectivity index is 2.70. The summed E-state index contributed by atoms with van der Waals surface area (Å²) in [5.74, 6) is -5.62. The number of aliphatic imine (C=N–C) groups is 1. The minimum Gasteiger partial charge on any atom is -0.481 e. The molecule has 220 valence electrons. The number of carbonyl (C=O) groups is 6. The first kappa shape index (κ1) is 33.3. The van der Waals surface area contributed by atoms with Gasteiger partial charge < -0.3 is 48.7 Å². The van der Waals surface area contributed by atoms with E-state index in [9.17, 15) is 28.8 Å². The van der Waals surface area contributed by atoms with Gasteiger partial charge >= 0.3 is 11.9 Å². The number of nitrogens with two attached hydrogens (primary N) is 3. The highest BCUT2D eigenvalue weighted by atomic mass is 16.4. The first-order valence-electron chi connectivity index (χ1n) is 12.3. The molecule has 1 rings (SSSR count). The molecule has 4 amide bonds. The molecular weight excluding hydrogens is 528 g/mol. The van der Waals surface area contributed by atoms with Crippen molar-refractivity contribution in [2.75, 3.05) is 19.6 Å². The van der Waals surface area contributed by atoms with Gasteiger partial charge in [0.2, 0.25) is 23.6 Å². The standard InChI is InChI=1S/C24H36N8O8/c25-15(7-4-10-28-24(26)27)21(37)29-12-19(34)32-17(11-14-5-2-1-3-6-14)22(38)30-13-18(33)31-16(23(39)40)8-9-20(35)36/h1-3,5-6,15-17H,4,7-13,25H2,(H,29,37)(H,30,38)(H,31,33)(H,32,34)(H,35,36)(H,39,40)(H4,26,27,28)/t15-,16-,17-/m0/s1. The third kappa shape index (κ3) is 14.3. The zero-order valence-corrected chi connectivity index (χ0v) is 21.8. The van der Waals surface area contributed by atoms with Crippen LogP contribution in [0.2, 0.25) is 0 Å². The first-order chi connectivity index (χ1) is 18.9. The van der Waals surface area contributed by atoms with Crippen molar-refractivity contribution in [3.05, 3.63) is 35.9 Å². The van der Waals surface area contributed by atoms with Crippen molar-refractivity contribution in [1.82, 2.24) is 21.3 Å². The number of carbonyl (C=O) groups excluding carboxylic acids is 4. The molecule has 1 aromatic rings. The molecule has 0 fully saturated rings. The number of nitrogens with one attached hydrogen (secondary N) is 4. The van der Waals surface area contributed by atoms with Crippen LogP contribution in [0.15, 0.2) is 35.3 Å². The molecule has 0 unspecified atom stereocenters. The molecular formula is C24H36N8O8. The van der Waals surface area contributed by atoms with E-state index >= 15 is 0 Å². The lowest BCUT2D eigenvalue weighted by Crippen LogP contribution is -2.53. The smallest absolute Gasteiger partial charge is 0.326 e. The zero-order chi connectivity index (χ0) is 30.1. The topological polar surface area (TPSA) is 281 Å².